The van der Waals surface area contributed by atoms with Gasteiger partial charge in [0.15, 0.2) is 0 Å². The molecule has 0 amide bonds. The second kappa shape index (κ2) is 12.0. The van der Waals surface area contributed by atoms with E-state index >= 15 is 0 Å². The predicted molar refractivity (Wildman–Crippen MR) is 125 cm³/mol. The number of aliphatic hydroxyl groups excluding tert-OH is 1. The van der Waals surface area contributed by atoms with Gasteiger partial charge in [-0.25, -0.2) is 0 Å². The van der Waals surface area contributed by atoms with E-state index in [-0.39, 0.29) is 41.9 Å². The van der Waals surface area contributed by atoms with Crippen molar-refractivity contribution in [2.45, 2.75) is 86.6 Å². The Bertz CT molecular complexity index is 742. The topological polar surface area (TPSA) is 119 Å². The Morgan fingerprint density at radius 1 is 0.818 bits per heavy atom. The van der Waals surface area contributed by atoms with Crippen molar-refractivity contribution in [3.05, 3.63) is 0 Å². The number of hydrogen-bond donors (Lipinski definition) is 1. The molecule has 3 fully saturated rings. The van der Waals surface area contributed by atoms with E-state index in [0.29, 0.717) is 43.5 Å². The van der Waals surface area contributed by atoms with Gasteiger partial charge < -0.3 is 0 Å². The summed E-state index contributed by atoms with van der Waals surface area (Å²) >= 11 is 0.546. The van der Waals surface area contributed by atoms with Gasteiger partial charge in [0.25, 0.3) is 0 Å². The zero-order valence-electron chi connectivity index (χ0n) is 20.0. The molecule has 3 saturated heterocycles. The molecule has 0 bridgehead atoms. The maximum atomic E-state index is 13.0. The molecule has 3 aliphatic rings. The monoisotopic (exact) mass is 710 g/mol. The third-order valence-electron chi connectivity index (χ3n) is 6.14. The predicted octanol–water partition coefficient (Wildman–Crippen LogP) is 2.17. The van der Waals surface area contributed by atoms with Gasteiger partial charge in [0.05, 0.1) is 0 Å². The molecule has 0 aromatic heterocycles. The molecule has 0 radical (unpaired) electrons. The molecule has 0 aliphatic carbocycles. The fourth-order valence-corrected chi connectivity index (χ4v) is 8.75. The van der Waals surface area contributed by atoms with Crippen molar-refractivity contribution < 1.29 is 46.5 Å². The first kappa shape index (κ1) is 28.6. The van der Waals surface area contributed by atoms with Gasteiger partial charge in [-0.2, -0.15) is 0 Å². The molecule has 11 atom stereocenters. The van der Waals surface area contributed by atoms with E-state index in [2.05, 4.69) is 6.92 Å². The fourth-order valence-electron chi connectivity index (χ4n) is 4.54. The van der Waals surface area contributed by atoms with E-state index in [1.165, 1.54) is 13.3 Å². The van der Waals surface area contributed by atoms with Crippen LogP contribution in [0.3, 0.4) is 0 Å². The molecule has 13 heteroatoms. The van der Waals surface area contributed by atoms with Crippen LogP contribution in [0.5, 0.6) is 0 Å². The molecule has 3 rings (SSSR count). The van der Waals surface area contributed by atoms with Crippen molar-refractivity contribution >= 4 is 39.9 Å². The Labute approximate surface area is 211 Å². The van der Waals surface area contributed by atoms with E-state index < -0.39 is 39.6 Å². The summed E-state index contributed by atoms with van der Waals surface area (Å²) in [5.74, 6) is 0.334. The quantitative estimate of drug-likeness (QED) is 0.253. The van der Waals surface area contributed by atoms with Crippen LogP contribution in [0.4, 0.5) is 0 Å². The summed E-state index contributed by atoms with van der Waals surface area (Å²) in [5, 5.41) is 9.45. The van der Waals surface area contributed by atoms with Crippen LogP contribution in [0.1, 0.15) is 40.0 Å². The summed E-state index contributed by atoms with van der Waals surface area (Å²) in [7, 11) is -6.79. The van der Waals surface area contributed by atoms with Crippen molar-refractivity contribution in [3.63, 3.8) is 0 Å². The molecule has 11 unspecified atom stereocenters. The molecule has 0 aromatic carbocycles. The molecule has 0 spiro atoms. The van der Waals surface area contributed by atoms with Crippen LogP contribution in [0.2, 0.25) is 0 Å². The van der Waals surface area contributed by atoms with Crippen molar-refractivity contribution in [2.75, 3.05) is 33.2 Å². The second-order valence-corrected chi connectivity index (χ2v) is 16.4. The number of rotatable bonds is 11. The molecule has 10 nitrogen and oxygen atoms in total. The Morgan fingerprint density at radius 2 is 1.33 bits per heavy atom. The van der Waals surface area contributed by atoms with Gasteiger partial charge in [0, 0.05) is 0 Å². The summed E-state index contributed by atoms with van der Waals surface area (Å²) in [6.45, 7) is 8.82. The Kier molecular flexibility index (Phi) is 10.4. The van der Waals surface area contributed by atoms with E-state index in [0.717, 1.165) is 6.42 Å². The third-order valence-corrected chi connectivity index (χ3v) is 10.4. The van der Waals surface area contributed by atoms with Crippen LogP contribution in [-0.2, 0) is 41.4 Å². The van der Waals surface area contributed by atoms with Crippen LogP contribution >= 0.6 is 15.2 Å². The molecule has 3 heterocycles. The Balaban J connectivity index is 1.50. The van der Waals surface area contributed by atoms with Crippen molar-refractivity contribution in [1.29, 1.82) is 0 Å². The average molecular weight is 710 g/mol. The first-order chi connectivity index (χ1) is 15.4. The molecule has 0 aromatic rings. The fraction of sp³-hybridized carbons (Fsp3) is 1.00. The summed E-state index contributed by atoms with van der Waals surface area (Å²) in [5.41, 5.74) is 0. The van der Waals surface area contributed by atoms with Gasteiger partial charge >= 0.3 is 212 Å². The van der Waals surface area contributed by atoms with E-state index in [9.17, 15) is 14.2 Å². The summed E-state index contributed by atoms with van der Waals surface area (Å²) in [4.78, 5) is 0. The number of aliphatic hydroxyl groups is 1. The van der Waals surface area contributed by atoms with Crippen LogP contribution in [-0.4, -0.2) is 110 Å². The molecular formula is C20H39BiO10P2. The van der Waals surface area contributed by atoms with Crippen molar-refractivity contribution in [2.24, 2.45) is 5.92 Å². The van der Waals surface area contributed by atoms with Crippen LogP contribution in [0.15, 0.2) is 0 Å². The molecule has 33 heavy (non-hydrogen) atoms. The molecule has 0 saturated carbocycles. The molecule has 1 N–H and O–H groups in total. The van der Waals surface area contributed by atoms with E-state index in [1.807, 2.05) is 13.8 Å². The SMILES string of the molecule is CC1CC(C)C(COP(C)(=O)OC2C[CH]([BiH2])OC2COP(C)(=O)OC2CC(C)OC2CO)O1. The second-order valence-electron chi connectivity index (χ2n) is 9.47. The summed E-state index contributed by atoms with van der Waals surface area (Å²) < 4.78 is 66.1. The summed E-state index contributed by atoms with van der Waals surface area (Å²) in [6, 6.07) is 0. The first-order valence-corrected chi connectivity index (χ1v) is 18.1. The number of ether oxygens (including phenoxy) is 3. The van der Waals surface area contributed by atoms with Crippen LogP contribution in [0.25, 0.3) is 0 Å². The standard InChI is InChI=1S/C20H37O10P2.Bi.2H/c1-13-8-14(2)28-19(13)11-25-31(4,22)29-16-6-7-24-20(16)12-26-32(5,23)30-17-9-15(3)27-18(17)10-21;;;/h7,13-21H,6,8-12H2,1-5H3;;;. The van der Waals surface area contributed by atoms with Gasteiger partial charge in [0.1, 0.15) is 0 Å². The maximum absolute atomic E-state index is 13.0. The Hall–Kier alpha value is 1.02. The van der Waals surface area contributed by atoms with Crippen LogP contribution in [0, 0.1) is 5.92 Å². The van der Waals surface area contributed by atoms with Gasteiger partial charge in [-0.05, 0) is 0 Å². The van der Waals surface area contributed by atoms with Gasteiger partial charge in [-0.3, -0.25) is 0 Å². The van der Waals surface area contributed by atoms with E-state index in [1.54, 1.807) is 0 Å². The molecular weight excluding hydrogens is 671 g/mol. The first-order valence-electron chi connectivity index (χ1n) is 11.5. The van der Waals surface area contributed by atoms with Crippen molar-refractivity contribution in [3.8, 4) is 0 Å². The molecule has 3 aliphatic heterocycles. The third kappa shape index (κ3) is 8.53. The van der Waals surface area contributed by atoms with Gasteiger partial charge in [-0.1, -0.05) is 0 Å². The van der Waals surface area contributed by atoms with Gasteiger partial charge in [0.2, 0.25) is 0 Å². The average Bonchev–Trinajstić information content (AvgIpc) is 3.33. The minimum atomic E-state index is -3.44. The zero-order valence-corrected chi connectivity index (χ0v) is 26.3. The van der Waals surface area contributed by atoms with Crippen molar-refractivity contribution in [1.82, 2.24) is 0 Å². The minimum absolute atomic E-state index is 0.0190. The Morgan fingerprint density at radius 3 is 1.88 bits per heavy atom. The van der Waals surface area contributed by atoms with Crippen LogP contribution < -0.4 is 0 Å². The normalized spacial score (nSPS) is 42.9. The number of hydrogen-bond acceptors (Lipinski definition) is 10. The summed E-state index contributed by atoms with van der Waals surface area (Å²) in [6.07, 6.45) is -0.000753. The zero-order chi connectivity index (χ0) is 24.4. The van der Waals surface area contributed by atoms with Gasteiger partial charge in [-0.15, -0.1) is 0 Å². The van der Waals surface area contributed by atoms with E-state index in [4.69, 9.17) is 32.3 Å². The molecule has 194 valence electrons.